The summed E-state index contributed by atoms with van der Waals surface area (Å²) in [5.41, 5.74) is 3.66. The zero-order chi connectivity index (χ0) is 19.1. The fourth-order valence-corrected chi connectivity index (χ4v) is 3.53. The van der Waals surface area contributed by atoms with Gasteiger partial charge in [-0.1, -0.05) is 12.1 Å². The molecule has 5 nitrogen and oxygen atoms in total. The minimum Gasteiger partial charge on any atom is -0.310 e. The number of carbonyl (C=O) groups excluding carboxylic acids is 2. The number of anilines is 1. The predicted octanol–water partition coefficient (Wildman–Crippen LogP) is 3.94. The van der Waals surface area contributed by atoms with Crippen LogP contribution in [0.25, 0.3) is 5.69 Å². The van der Waals surface area contributed by atoms with E-state index in [-0.39, 0.29) is 18.1 Å². The van der Waals surface area contributed by atoms with Crippen molar-refractivity contribution in [1.29, 1.82) is 0 Å². The lowest BCUT2D eigenvalue weighted by Gasteiger charge is -2.23. The average molecular weight is 363 g/mol. The molecule has 0 saturated carbocycles. The van der Waals surface area contributed by atoms with Crippen molar-refractivity contribution in [2.45, 2.75) is 26.2 Å². The van der Waals surface area contributed by atoms with Crippen LogP contribution < -0.4 is 5.32 Å². The smallest absolute Gasteiger partial charge is 0.226 e. The first-order valence-electron chi connectivity index (χ1n) is 8.70. The zero-order valence-corrected chi connectivity index (χ0v) is 15.0. The van der Waals surface area contributed by atoms with Crippen LogP contribution in [0.15, 0.2) is 48.5 Å². The Balaban J connectivity index is 1.82. The van der Waals surface area contributed by atoms with Gasteiger partial charge < -0.3 is 5.32 Å². The summed E-state index contributed by atoms with van der Waals surface area (Å²) < 4.78 is 14.9. The van der Waals surface area contributed by atoms with Crippen molar-refractivity contribution in [2.24, 2.45) is 0 Å². The highest BCUT2D eigenvalue weighted by molar-refractivity contribution is 6.07. The minimum atomic E-state index is -0.641. The number of amides is 1. The van der Waals surface area contributed by atoms with Gasteiger partial charge in [-0.15, -0.1) is 0 Å². The van der Waals surface area contributed by atoms with E-state index in [0.717, 1.165) is 11.3 Å². The third-order valence-corrected chi connectivity index (χ3v) is 4.79. The fraction of sp³-hybridized carbons (Fsp3) is 0.190. The summed E-state index contributed by atoms with van der Waals surface area (Å²) >= 11 is 0. The normalized spacial score (nSPS) is 16.0. The van der Waals surface area contributed by atoms with E-state index >= 15 is 0 Å². The van der Waals surface area contributed by atoms with Crippen molar-refractivity contribution >= 4 is 17.5 Å². The van der Waals surface area contributed by atoms with Crippen LogP contribution in [0.3, 0.4) is 0 Å². The highest BCUT2D eigenvalue weighted by Crippen LogP contribution is 2.38. The molecule has 1 aliphatic rings. The first-order valence-corrected chi connectivity index (χ1v) is 8.70. The lowest BCUT2D eigenvalue weighted by molar-refractivity contribution is -0.116. The van der Waals surface area contributed by atoms with Crippen LogP contribution in [0.4, 0.5) is 10.2 Å². The molecule has 1 atom stereocenters. The number of benzene rings is 2. The van der Waals surface area contributed by atoms with E-state index in [9.17, 15) is 14.0 Å². The molecular formula is C21H18FN3O2. The molecule has 1 aliphatic heterocycles. The largest absolute Gasteiger partial charge is 0.310 e. The lowest BCUT2D eigenvalue weighted by atomic mass is 9.85. The molecule has 4 rings (SSSR count). The van der Waals surface area contributed by atoms with E-state index in [1.807, 2.05) is 38.1 Å². The van der Waals surface area contributed by atoms with Gasteiger partial charge in [0.25, 0.3) is 0 Å². The van der Waals surface area contributed by atoms with Gasteiger partial charge in [0, 0.05) is 17.5 Å². The maximum atomic E-state index is 13.2. The molecule has 1 N–H and O–H groups in total. The number of nitrogens with one attached hydrogen (secondary N) is 1. The number of hydrogen-bond donors (Lipinski definition) is 1. The maximum absolute atomic E-state index is 13.2. The van der Waals surface area contributed by atoms with Crippen LogP contribution in [0.5, 0.6) is 0 Å². The van der Waals surface area contributed by atoms with Crippen LogP contribution in [0.2, 0.25) is 0 Å². The molecule has 0 aliphatic carbocycles. The molecule has 0 fully saturated rings. The van der Waals surface area contributed by atoms with Crippen LogP contribution in [0, 0.1) is 19.7 Å². The number of rotatable bonds is 3. The van der Waals surface area contributed by atoms with Crippen LogP contribution in [-0.2, 0) is 4.79 Å². The standard InChI is InChI=1S/C21H18FN3O2/c1-12-4-3-5-16(10-12)25-21-19(13(2)24-25)17(11-18(26)23-21)20(27)14-6-8-15(22)9-7-14/h3-10,17H,11H2,1-2H3,(H,23,26). The predicted molar refractivity (Wildman–Crippen MR) is 99.8 cm³/mol. The SMILES string of the molecule is Cc1cccc(-n2nc(C)c3c2NC(=O)CC3C(=O)c2ccc(F)cc2)c1. The number of aryl methyl sites for hydroxylation is 2. The second-order valence-corrected chi connectivity index (χ2v) is 6.77. The molecule has 2 heterocycles. The van der Waals surface area contributed by atoms with Crippen LogP contribution in [0.1, 0.15) is 39.5 Å². The van der Waals surface area contributed by atoms with Crippen LogP contribution >= 0.6 is 0 Å². The highest BCUT2D eigenvalue weighted by Gasteiger charge is 2.36. The van der Waals surface area contributed by atoms with E-state index in [4.69, 9.17) is 0 Å². The summed E-state index contributed by atoms with van der Waals surface area (Å²) in [7, 11) is 0. The zero-order valence-electron chi connectivity index (χ0n) is 15.0. The molecule has 0 saturated heterocycles. The summed E-state index contributed by atoms with van der Waals surface area (Å²) in [5.74, 6) is -0.973. The van der Waals surface area contributed by atoms with Gasteiger partial charge in [-0.2, -0.15) is 5.10 Å². The molecule has 6 heteroatoms. The maximum Gasteiger partial charge on any atom is 0.226 e. The van der Waals surface area contributed by atoms with Crippen molar-refractivity contribution < 1.29 is 14.0 Å². The number of carbonyl (C=O) groups is 2. The Bertz CT molecular complexity index is 1050. The van der Waals surface area contributed by atoms with Crippen molar-refractivity contribution in [3.05, 3.63) is 76.7 Å². The molecule has 1 amide bonds. The Morgan fingerprint density at radius 3 is 2.63 bits per heavy atom. The first kappa shape index (κ1) is 17.1. The van der Waals surface area contributed by atoms with E-state index in [1.54, 1.807) is 4.68 Å². The molecule has 27 heavy (non-hydrogen) atoms. The van der Waals surface area contributed by atoms with E-state index in [1.165, 1.54) is 24.3 Å². The van der Waals surface area contributed by atoms with Crippen molar-refractivity contribution in [2.75, 3.05) is 5.32 Å². The summed E-state index contributed by atoms with van der Waals surface area (Å²) in [6, 6.07) is 13.2. The molecule has 3 aromatic rings. The lowest BCUT2D eigenvalue weighted by Crippen LogP contribution is -2.28. The summed E-state index contributed by atoms with van der Waals surface area (Å²) in [5, 5.41) is 7.43. The van der Waals surface area contributed by atoms with Crippen molar-refractivity contribution in [3.63, 3.8) is 0 Å². The molecule has 2 aromatic carbocycles. The van der Waals surface area contributed by atoms with Gasteiger partial charge in [0.05, 0.1) is 17.3 Å². The quantitative estimate of drug-likeness (QED) is 0.717. The number of hydrogen-bond acceptors (Lipinski definition) is 3. The van der Waals surface area contributed by atoms with E-state index in [0.29, 0.717) is 22.6 Å². The van der Waals surface area contributed by atoms with Gasteiger partial charge in [0.1, 0.15) is 11.6 Å². The topological polar surface area (TPSA) is 64.0 Å². The molecule has 0 spiro atoms. The third kappa shape index (κ3) is 3.03. The Morgan fingerprint density at radius 1 is 1.19 bits per heavy atom. The monoisotopic (exact) mass is 363 g/mol. The Kier molecular flexibility index (Phi) is 4.11. The van der Waals surface area contributed by atoms with Gasteiger partial charge in [0.15, 0.2) is 5.78 Å². The summed E-state index contributed by atoms with van der Waals surface area (Å²) in [4.78, 5) is 25.4. The Labute approximate surface area is 155 Å². The number of halogens is 1. The fourth-order valence-electron chi connectivity index (χ4n) is 3.53. The van der Waals surface area contributed by atoms with Gasteiger partial charge in [-0.05, 0) is 55.8 Å². The Morgan fingerprint density at radius 2 is 1.93 bits per heavy atom. The number of aromatic nitrogens is 2. The van der Waals surface area contributed by atoms with Gasteiger partial charge in [0.2, 0.25) is 5.91 Å². The third-order valence-electron chi connectivity index (χ3n) is 4.79. The number of ketones is 1. The summed E-state index contributed by atoms with van der Waals surface area (Å²) in [6.45, 7) is 3.80. The van der Waals surface area contributed by atoms with Gasteiger partial charge in [-0.25, -0.2) is 9.07 Å². The number of Topliss-reactive ketones (excluding diaryl/α,β-unsaturated/α-hetero) is 1. The molecule has 136 valence electrons. The summed E-state index contributed by atoms with van der Waals surface area (Å²) in [6.07, 6.45) is 0.0452. The molecule has 1 unspecified atom stereocenters. The molecule has 0 radical (unpaired) electrons. The molecular weight excluding hydrogens is 345 g/mol. The minimum absolute atomic E-state index is 0.0452. The number of nitrogens with zero attached hydrogens (tertiary/aromatic N) is 2. The van der Waals surface area contributed by atoms with Gasteiger partial charge >= 0.3 is 0 Å². The molecule has 1 aromatic heterocycles. The van der Waals surface area contributed by atoms with E-state index < -0.39 is 11.7 Å². The van der Waals surface area contributed by atoms with Crippen molar-refractivity contribution in [1.82, 2.24) is 9.78 Å². The first-order chi connectivity index (χ1) is 12.9. The number of fused-ring (bicyclic) bond motifs is 1. The van der Waals surface area contributed by atoms with Gasteiger partial charge in [-0.3, -0.25) is 9.59 Å². The Hall–Kier alpha value is -3.28. The second-order valence-electron chi connectivity index (χ2n) is 6.77. The highest BCUT2D eigenvalue weighted by atomic mass is 19.1. The molecule has 0 bridgehead atoms. The van der Waals surface area contributed by atoms with Crippen LogP contribution in [-0.4, -0.2) is 21.5 Å². The second kappa shape index (κ2) is 6.46. The van der Waals surface area contributed by atoms with Crippen molar-refractivity contribution in [3.8, 4) is 5.69 Å². The average Bonchev–Trinajstić information content (AvgIpc) is 2.97. The van der Waals surface area contributed by atoms with E-state index in [2.05, 4.69) is 10.4 Å².